The van der Waals surface area contributed by atoms with Crippen LogP contribution in [0, 0.1) is 10.6 Å². The molecule has 2 nitrogen and oxygen atoms in total. The average molecular weight is 325 g/mol. The summed E-state index contributed by atoms with van der Waals surface area (Å²) in [7, 11) is 0. The normalized spacial score (nSPS) is 10.4. The number of aromatic nitrogens is 1. The predicted octanol–water partition coefficient (Wildman–Crippen LogP) is 3.80. The molecule has 3 heteroatoms. The standard InChI is InChI=1S/C13H12INO/c1-8-11(9(2)16)12(13(14)15-8)10-6-4-3-5-7-10/h3-7,15H,1-2H3. The highest BCUT2D eigenvalue weighted by Crippen LogP contribution is 2.31. The third-order valence-electron chi connectivity index (χ3n) is 2.56. The minimum atomic E-state index is 0.107. The Morgan fingerprint density at radius 1 is 1.25 bits per heavy atom. The van der Waals surface area contributed by atoms with Crippen molar-refractivity contribution in [2.24, 2.45) is 0 Å². The highest BCUT2D eigenvalue weighted by molar-refractivity contribution is 14.1. The van der Waals surface area contributed by atoms with E-state index in [-0.39, 0.29) is 5.78 Å². The van der Waals surface area contributed by atoms with E-state index in [1.807, 2.05) is 37.3 Å². The third-order valence-corrected chi connectivity index (χ3v) is 3.37. The second-order valence-corrected chi connectivity index (χ2v) is 4.81. The van der Waals surface area contributed by atoms with Gasteiger partial charge in [0.2, 0.25) is 0 Å². The molecule has 0 unspecified atom stereocenters. The number of carbonyl (C=O) groups excluding carboxylic acids is 1. The predicted molar refractivity (Wildman–Crippen MR) is 73.7 cm³/mol. The summed E-state index contributed by atoms with van der Waals surface area (Å²) in [5.41, 5.74) is 3.85. The first kappa shape index (κ1) is 11.4. The van der Waals surface area contributed by atoms with Crippen LogP contribution in [0.5, 0.6) is 0 Å². The number of Topliss-reactive ketones (excluding diaryl/α,β-unsaturated/α-hetero) is 1. The lowest BCUT2D eigenvalue weighted by molar-refractivity contribution is 0.101. The first-order chi connectivity index (χ1) is 7.61. The SMILES string of the molecule is CC(=O)c1c(C)[nH]c(I)c1-c1ccccc1. The molecule has 0 spiro atoms. The molecular weight excluding hydrogens is 313 g/mol. The van der Waals surface area contributed by atoms with Crippen LogP contribution in [0.1, 0.15) is 23.0 Å². The Bertz CT molecular complexity index is 528. The topological polar surface area (TPSA) is 32.9 Å². The second-order valence-electron chi connectivity index (χ2n) is 3.74. The number of aromatic amines is 1. The van der Waals surface area contributed by atoms with Crippen molar-refractivity contribution in [1.29, 1.82) is 0 Å². The van der Waals surface area contributed by atoms with Gasteiger partial charge in [0, 0.05) is 16.8 Å². The molecule has 1 N–H and O–H groups in total. The van der Waals surface area contributed by atoms with E-state index in [1.54, 1.807) is 6.92 Å². The van der Waals surface area contributed by atoms with E-state index in [2.05, 4.69) is 27.6 Å². The number of rotatable bonds is 2. The largest absolute Gasteiger partial charge is 0.353 e. The van der Waals surface area contributed by atoms with E-state index in [0.29, 0.717) is 0 Å². The van der Waals surface area contributed by atoms with Gasteiger partial charge in [0.1, 0.15) is 0 Å². The first-order valence-electron chi connectivity index (χ1n) is 5.05. The van der Waals surface area contributed by atoms with Crippen molar-refractivity contribution in [3.8, 4) is 11.1 Å². The molecule has 2 rings (SSSR count). The fourth-order valence-corrected chi connectivity index (χ4v) is 2.89. The maximum atomic E-state index is 11.7. The molecule has 0 radical (unpaired) electrons. The molecule has 0 aliphatic rings. The molecule has 1 aromatic carbocycles. The van der Waals surface area contributed by atoms with Gasteiger partial charge in [-0.3, -0.25) is 4.79 Å². The number of H-pyrrole nitrogens is 1. The smallest absolute Gasteiger partial charge is 0.162 e. The molecule has 0 fully saturated rings. The molecule has 0 amide bonds. The van der Waals surface area contributed by atoms with E-state index in [9.17, 15) is 4.79 Å². The third kappa shape index (κ3) is 1.91. The summed E-state index contributed by atoms with van der Waals surface area (Å²) < 4.78 is 1.02. The molecule has 0 saturated carbocycles. The number of hydrogen-bond donors (Lipinski definition) is 1. The maximum absolute atomic E-state index is 11.7. The summed E-state index contributed by atoms with van der Waals surface area (Å²) in [6, 6.07) is 9.99. The number of ketones is 1. The lowest BCUT2D eigenvalue weighted by Gasteiger charge is -2.02. The van der Waals surface area contributed by atoms with Crippen LogP contribution < -0.4 is 0 Å². The highest BCUT2D eigenvalue weighted by atomic mass is 127. The molecule has 2 aromatic rings. The number of hydrogen-bond acceptors (Lipinski definition) is 1. The van der Waals surface area contributed by atoms with Crippen molar-refractivity contribution in [2.75, 3.05) is 0 Å². The summed E-state index contributed by atoms with van der Waals surface area (Å²) in [5.74, 6) is 0.107. The van der Waals surface area contributed by atoms with Gasteiger partial charge in [0.15, 0.2) is 5.78 Å². The minimum absolute atomic E-state index is 0.107. The van der Waals surface area contributed by atoms with Crippen LogP contribution in [0.4, 0.5) is 0 Å². The molecule has 0 saturated heterocycles. The summed E-state index contributed by atoms with van der Waals surface area (Å²) in [5, 5.41) is 0. The van der Waals surface area contributed by atoms with Crippen LogP contribution in [0.15, 0.2) is 30.3 Å². The Labute approximate surface area is 108 Å². The van der Waals surface area contributed by atoms with Crippen LogP contribution in [0.2, 0.25) is 0 Å². The zero-order chi connectivity index (χ0) is 11.7. The molecule has 1 aromatic heterocycles. The number of nitrogens with one attached hydrogen (secondary N) is 1. The van der Waals surface area contributed by atoms with E-state index in [4.69, 9.17) is 0 Å². The van der Waals surface area contributed by atoms with Crippen LogP contribution in [-0.2, 0) is 0 Å². The molecule has 0 bridgehead atoms. The number of carbonyl (C=O) groups is 1. The molecule has 1 heterocycles. The van der Waals surface area contributed by atoms with Crippen molar-refractivity contribution < 1.29 is 4.79 Å². The zero-order valence-corrected chi connectivity index (χ0v) is 11.3. The zero-order valence-electron chi connectivity index (χ0n) is 9.17. The Morgan fingerprint density at radius 2 is 1.88 bits per heavy atom. The van der Waals surface area contributed by atoms with E-state index in [1.165, 1.54) is 0 Å². The Hall–Kier alpha value is -1.10. The molecule has 0 aliphatic carbocycles. The van der Waals surface area contributed by atoms with Gasteiger partial charge in [-0.1, -0.05) is 30.3 Å². The quantitative estimate of drug-likeness (QED) is 0.661. The Kier molecular flexibility index (Phi) is 3.14. The van der Waals surface area contributed by atoms with Crippen LogP contribution in [0.25, 0.3) is 11.1 Å². The first-order valence-corrected chi connectivity index (χ1v) is 6.13. The fraction of sp³-hybridized carbons (Fsp3) is 0.154. The van der Waals surface area contributed by atoms with Crippen molar-refractivity contribution in [3.05, 3.63) is 45.3 Å². The van der Waals surface area contributed by atoms with Gasteiger partial charge >= 0.3 is 0 Å². The van der Waals surface area contributed by atoms with E-state index < -0.39 is 0 Å². The van der Waals surface area contributed by atoms with Crippen molar-refractivity contribution in [3.63, 3.8) is 0 Å². The minimum Gasteiger partial charge on any atom is -0.353 e. The molecule has 0 atom stereocenters. The van der Waals surface area contributed by atoms with E-state index in [0.717, 1.165) is 26.1 Å². The number of halogens is 1. The highest BCUT2D eigenvalue weighted by Gasteiger charge is 2.17. The van der Waals surface area contributed by atoms with Gasteiger partial charge in [-0.05, 0) is 42.0 Å². The van der Waals surface area contributed by atoms with Crippen LogP contribution in [0.3, 0.4) is 0 Å². The second kappa shape index (κ2) is 4.41. The van der Waals surface area contributed by atoms with Gasteiger partial charge in [-0.15, -0.1) is 0 Å². The Morgan fingerprint density at radius 3 is 2.44 bits per heavy atom. The van der Waals surface area contributed by atoms with Gasteiger partial charge in [0.25, 0.3) is 0 Å². The van der Waals surface area contributed by atoms with Gasteiger partial charge in [0.05, 0.1) is 3.70 Å². The molecule has 16 heavy (non-hydrogen) atoms. The molecule has 0 aliphatic heterocycles. The monoisotopic (exact) mass is 325 g/mol. The average Bonchev–Trinajstić information content (AvgIpc) is 2.55. The summed E-state index contributed by atoms with van der Waals surface area (Å²) in [6.07, 6.45) is 0. The Balaban J connectivity index is 2.69. The van der Waals surface area contributed by atoms with Crippen LogP contribution >= 0.6 is 22.6 Å². The lowest BCUT2D eigenvalue weighted by Crippen LogP contribution is -1.95. The molecular formula is C13H12INO. The van der Waals surface area contributed by atoms with E-state index >= 15 is 0 Å². The van der Waals surface area contributed by atoms with Crippen molar-refractivity contribution in [1.82, 2.24) is 4.98 Å². The molecule has 82 valence electrons. The maximum Gasteiger partial charge on any atom is 0.162 e. The van der Waals surface area contributed by atoms with Crippen LogP contribution in [-0.4, -0.2) is 10.8 Å². The lowest BCUT2D eigenvalue weighted by atomic mass is 10.0. The summed E-state index contributed by atoms with van der Waals surface area (Å²) in [6.45, 7) is 3.55. The summed E-state index contributed by atoms with van der Waals surface area (Å²) in [4.78, 5) is 14.9. The van der Waals surface area contributed by atoms with Crippen molar-refractivity contribution >= 4 is 28.4 Å². The number of aryl methyl sites for hydroxylation is 1. The van der Waals surface area contributed by atoms with Gasteiger partial charge in [-0.2, -0.15) is 0 Å². The van der Waals surface area contributed by atoms with Gasteiger partial charge < -0.3 is 4.98 Å². The van der Waals surface area contributed by atoms with Gasteiger partial charge in [-0.25, -0.2) is 0 Å². The fourth-order valence-electron chi connectivity index (χ4n) is 1.90. The van der Waals surface area contributed by atoms with Crippen molar-refractivity contribution in [2.45, 2.75) is 13.8 Å². The summed E-state index contributed by atoms with van der Waals surface area (Å²) >= 11 is 2.24. The number of benzene rings is 1.